The molecular weight excluding hydrogens is 1250 g/mol. The smallest absolute Gasteiger partial charge is 0.156 e. The first-order valence-corrected chi connectivity index (χ1v) is 35.6. The van der Waals surface area contributed by atoms with Crippen molar-refractivity contribution in [3.63, 3.8) is 0 Å². The zero-order valence-corrected chi connectivity index (χ0v) is 55.1. The monoisotopic (exact) mass is 1300 g/mol. The van der Waals surface area contributed by atoms with Crippen molar-refractivity contribution < 1.29 is 0 Å². The second-order valence-electron chi connectivity index (χ2n) is 28.6. The molecule has 1 aliphatic rings. The SMILES string of the molecule is c1ccc2c(-n3c4ccc5cc(-c6cc7c8c(cccc8c6)-c6nc(-n8c9ccc%10ccccc%10c9c9c%10c%11ccccc%11n%11c%12ccccc%12c(cc98)c%10%11)cnc6-7)ccc5c4c4c5c6ccccc6n6c7ccccc7c(cc43)c56)cc(-n3c4ccccc4c4c5ccccc5ccc43)cc2c1. The Hall–Kier alpha value is -13.9. The molecule has 8 aromatic heterocycles. The topological polar surface area (TPSA) is 49.4 Å². The maximum Gasteiger partial charge on any atom is 0.156 e. The van der Waals surface area contributed by atoms with Gasteiger partial charge in [0.25, 0.3) is 0 Å². The third kappa shape index (κ3) is 6.50. The van der Waals surface area contributed by atoms with Crippen LogP contribution in [0.3, 0.4) is 0 Å². The largest absolute Gasteiger partial charge is 0.309 e. The normalized spacial score (nSPS) is 12.9. The highest BCUT2D eigenvalue weighted by Gasteiger charge is 2.31. The number of aromatic nitrogens is 7. The first-order chi connectivity index (χ1) is 51.1. The number of hydrogen-bond donors (Lipinski definition) is 0. The molecule has 0 unspecified atom stereocenters. The number of hydrogen-bond acceptors (Lipinski definition) is 2. The summed E-state index contributed by atoms with van der Waals surface area (Å²) in [5.41, 5.74) is 22.9. The molecular formula is C96H51N7. The molecule has 0 aliphatic heterocycles. The van der Waals surface area contributed by atoms with Crippen molar-refractivity contribution >= 4 is 195 Å². The summed E-state index contributed by atoms with van der Waals surface area (Å²) in [7, 11) is 0. The van der Waals surface area contributed by atoms with Crippen LogP contribution in [0.1, 0.15) is 0 Å². The molecule has 0 fully saturated rings. The Labute approximate surface area is 584 Å². The molecule has 470 valence electrons. The van der Waals surface area contributed by atoms with E-state index >= 15 is 0 Å². The maximum atomic E-state index is 5.80. The molecule has 17 aromatic carbocycles. The Balaban J connectivity index is 0.692. The molecule has 0 spiro atoms. The van der Waals surface area contributed by atoms with Crippen LogP contribution in [0.15, 0.2) is 310 Å². The predicted octanol–water partition coefficient (Wildman–Crippen LogP) is 25.1. The minimum atomic E-state index is 0.796. The van der Waals surface area contributed by atoms with Gasteiger partial charge >= 0.3 is 0 Å². The summed E-state index contributed by atoms with van der Waals surface area (Å²) in [6, 6.07) is 114. The van der Waals surface area contributed by atoms with Crippen LogP contribution in [0.4, 0.5) is 0 Å². The van der Waals surface area contributed by atoms with Crippen LogP contribution in [-0.2, 0) is 0 Å². The summed E-state index contributed by atoms with van der Waals surface area (Å²) in [6.07, 6.45) is 2.03. The molecule has 0 N–H and O–H groups in total. The van der Waals surface area contributed by atoms with Crippen LogP contribution < -0.4 is 0 Å². The van der Waals surface area contributed by atoms with Crippen molar-refractivity contribution in [1.29, 1.82) is 0 Å². The lowest BCUT2D eigenvalue weighted by atomic mass is 9.94. The summed E-state index contributed by atoms with van der Waals surface area (Å²) in [4.78, 5) is 11.4. The van der Waals surface area contributed by atoms with E-state index in [-0.39, 0.29) is 0 Å². The molecule has 25 aromatic rings. The molecule has 0 amide bonds. The molecule has 0 atom stereocenters. The lowest BCUT2D eigenvalue weighted by Gasteiger charge is -2.16. The number of nitrogens with zero attached hydrogens (tertiary/aromatic N) is 7. The van der Waals surface area contributed by atoms with E-state index in [1.807, 2.05) is 6.20 Å². The Morgan fingerprint density at radius 2 is 0.699 bits per heavy atom. The van der Waals surface area contributed by atoms with E-state index in [1.165, 1.54) is 179 Å². The van der Waals surface area contributed by atoms with Gasteiger partial charge in [-0.15, -0.1) is 0 Å². The van der Waals surface area contributed by atoms with Gasteiger partial charge in [-0.05, 0) is 145 Å². The van der Waals surface area contributed by atoms with Crippen molar-refractivity contribution in [3.05, 3.63) is 310 Å². The Morgan fingerprint density at radius 1 is 0.223 bits per heavy atom. The van der Waals surface area contributed by atoms with Crippen molar-refractivity contribution in [2.75, 3.05) is 0 Å². The van der Waals surface area contributed by atoms with Crippen molar-refractivity contribution in [2.24, 2.45) is 0 Å². The average Bonchev–Trinajstić information content (AvgIpc) is 1.52. The average molecular weight is 1300 g/mol. The summed E-state index contributed by atoms with van der Waals surface area (Å²) in [5, 5.41) is 29.6. The van der Waals surface area contributed by atoms with Gasteiger partial charge in [0.1, 0.15) is 0 Å². The number of rotatable bonds is 4. The fourth-order valence-electron chi connectivity index (χ4n) is 19.7. The zero-order chi connectivity index (χ0) is 66.3. The number of benzene rings is 17. The molecule has 0 saturated carbocycles. The van der Waals surface area contributed by atoms with Crippen LogP contribution >= 0.6 is 0 Å². The summed E-state index contributed by atoms with van der Waals surface area (Å²) < 4.78 is 12.5. The minimum absolute atomic E-state index is 0.796. The number of para-hydroxylation sites is 5. The molecule has 7 nitrogen and oxygen atoms in total. The van der Waals surface area contributed by atoms with Gasteiger partial charge in [-0.2, -0.15) is 0 Å². The highest BCUT2D eigenvalue weighted by atomic mass is 15.1. The van der Waals surface area contributed by atoms with Crippen molar-refractivity contribution in [3.8, 4) is 50.8 Å². The van der Waals surface area contributed by atoms with E-state index in [1.54, 1.807) is 0 Å². The van der Waals surface area contributed by atoms with E-state index in [9.17, 15) is 0 Å². The van der Waals surface area contributed by atoms with E-state index < -0.39 is 0 Å². The van der Waals surface area contributed by atoms with Gasteiger partial charge < -0.3 is 17.9 Å². The molecule has 0 bridgehead atoms. The van der Waals surface area contributed by atoms with E-state index in [0.717, 1.165) is 67.4 Å². The fraction of sp³-hybridized carbons (Fsp3) is 0. The Morgan fingerprint density at radius 3 is 1.35 bits per heavy atom. The Bertz CT molecular complexity index is 8250. The molecule has 7 heteroatoms. The Kier molecular flexibility index (Phi) is 9.65. The highest BCUT2D eigenvalue weighted by molar-refractivity contribution is 6.41. The number of fused-ring (bicyclic) bond motifs is 33. The second-order valence-corrected chi connectivity index (χ2v) is 28.6. The summed E-state index contributed by atoms with van der Waals surface area (Å²) >= 11 is 0. The van der Waals surface area contributed by atoms with E-state index in [0.29, 0.717) is 0 Å². The third-order valence-electron chi connectivity index (χ3n) is 23.8. The molecule has 8 heterocycles. The van der Waals surface area contributed by atoms with Crippen molar-refractivity contribution in [2.45, 2.75) is 0 Å². The standard InChI is InChI=1S/C96H51N7/c1-5-23-61-52(18-1)37-41-78-86(61)66-27-9-14-33-75(66)99(78)59-46-55-20-3-4-22-60(55)81(48-59)100-79-43-39-56-44-54(36-40-63(56)88(79)91-82(100)49-70-64-25-7-12-31-73(64)102-76-34-15-10-28-67(76)89(91)95(70)102)58-45-57-21-17-30-69-85(57)72(47-58)93-94(69)98-84(51-97-93)101-80-42-38-53-19-2-6-24-62(53)87(80)92-83(101)50-71-65-26-8-13-32-74(65)103-77-35-16-11-29-68(77)90(92)96(71)103/h1-51H. The minimum Gasteiger partial charge on any atom is -0.309 e. The molecule has 1 aliphatic carbocycles. The first-order valence-electron chi connectivity index (χ1n) is 35.6. The summed E-state index contributed by atoms with van der Waals surface area (Å²) in [6.45, 7) is 0. The first kappa shape index (κ1) is 53.1. The van der Waals surface area contributed by atoms with Crippen LogP contribution in [0.2, 0.25) is 0 Å². The lowest BCUT2D eigenvalue weighted by molar-refractivity contribution is 1.05. The van der Waals surface area contributed by atoms with Gasteiger partial charge in [0.2, 0.25) is 0 Å². The van der Waals surface area contributed by atoms with Crippen LogP contribution in [0.25, 0.3) is 246 Å². The van der Waals surface area contributed by atoms with Gasteiger partial charge in [0.05, 0.1) is 89.5 Å². The zero-order valence-electron chi connectivity index (χ0n) is 55.1. The van der Waals surface area contributed by atoms with Crippen LogP contribution in [-0.4, -0.2) is 32.5 Å². The van der Waals surface area contributed by atoms with Gasteiger partial charge in [-0.25, -0.2) is 4.98 Å². The molecule has 103 heavy (non-hydrogen) atoms. The van der Waals surface area contributed by atoms with Gasteiger partial charge in [-0.3, -0.25) is 9.55 Å². The molecule has 26 rings (SSSR count). The van der Waals surface area contributed by atoms with E-state index in [2.05, 4.69) is 326 Å². The van der Waals surface area contributed by atoms with Crippen LogP contribution in [0, 0.1) is 0 Å². The predicted molar refractivity (Wildman–Crippen MR) is 432 cm³/mol. The second kappa shape index (κ2) is 18.7. The molecule has 0 saturated heterocycles. The van der Waals surface area contributed by atoms with E-state index in [4.69, 9.17) is 9.97 Å². The van der Waals surface area contributed by atoms with Crippen LogP contribution in [0.5, 0.6) is 0 Å². The van der Waals surface area contributed by atoms with Gasteiger partial charge in [-0.1, -0.05) is 212 Å². The summed E-state index contributed by atoms with van der Waals surface area (Å²) in [5.74, 6) is 0.796. The van der Waals surface area contributed by atoms with Crippen molar-refractivity contribution in [1.82, 2.24) is 32.5 Å². The third-order valence-corrected chi connectivity index (χ3v) is 23.8. The quantitative estimate of drug-likeness (QED) is 0.176. The highest BCUT2D eigenvalue weighted by Crippen LogP contribution is 2.54. The lowest BCUT2D eigenvalue weighted by Crippen LogP contribution is -2.00. The van der Waals surface area contributed by atoms with Gasteiger partial charge in [0.15, 0.2) is 5.82 Å². The van der Waals surface area contributed by atoms with Gasteiger partial charge in [0, 0.05) is 103 Å². The molecule has 0 radical (unpaired) electrons. The fourth-order valence-corrected chi connectivity index (χ4v) is 19.7. The maximum absolute atomic E-state index is 5.80.